The first-order chi connectivity index (χ1) is 9.50. The highest BCUT2D eigenvalue weighted by atomic mass is 35.5. The number of halogens is 2. The van der Waals surface area contributed by atoms with Gasteiger partial charge >= 0.3 is 0 Å². The molecule has 1 fully saturated rings. The summed E-state index contributed by atoms with van der Waals surface area (Å²) in [6.07, 6.45) is 1.16. The van der Waals surface area contributed by atoms with E-state index in [9.17, 15) is 9.90 Å². The molecule has 0 unspecified atom stereocenters. The first-order valence-corrected chi connectivity index (χ1v) is 7.25. The van der Waals surface area contributed by atoms with Crippen LogP contribution in [0.2, 0.25) is 10.0 Å². The van der Waals surface area contributed by atoms with Gasteiger partial charge in [0.25, 0.3) is 0 Å². The van der Waals surface area contributed by atoms with Gasteiger partial charge in [-0.1, -0.05) is 29.3 Å². The summed E-state index contributed by atoms with van der Waals surface area (Å²) in [6, 6.07) is 5.13. The number of benzene rings is 1. The van der Waals surface area contributed by atoms with Crippen molar-refractivity contribution in [1.82, 2.24) is 5.32 Å². The Hall–Kier alpha value is -0.810. The van der Waals surface area contributed by atoms with Crippen LogP contribution < -0.4 is 5.32 Å². The molecule has 1 heterocycles. The Morgan fingerprint density at radius 2 is 1.90 bits per heavy atom. The molecule has 1 saturated heterocycles. The van der Waals surface area contributed by atoms with Crippen LogP contribution in [0.5, 0.6) is 0 Å². The van der Waals surface area contributed by atoms with Crippen LogP contribution in [0.25, 0.3) is 0 Å². The summed E-state index contributed by atoms with van der Waals surface area (Å²) in [4.78, 5) is 11.9. The van der Waals surface area contributed by atoms with Crippen molar-refractivity contribution in [3.8, 4) is 0 Å². The smallest absolute Gasteiger partial charge is 0.224 e. The lowest BCUT2D eigenvalue weighted by molar-refractivity contribution is -0.123. The number of amides is 1. The summed E-state index contributed by atoms with van der Waals surface area (Å²) >= 11 is 12.0. The number of carbonyl (C=O) groups is 1. The zero-order valence-electron chi connectivity index (χ0n) is 11.0. The summed E-state index contributed by atoms with van der Waals surface area (Å²) in [5, 5.41) is 13.9. The fourth-order valence-electron chi connectivity index (χ4n) is 2.12. The van der Waals surface area contributed by atoms with Crippen LogP contribution in [0, 0.1) is 0 Å². The maximum absolute atomic E-state index is 11.9. The molecular formula is C14H17Cl2NO3. The van der Waals surface area contributed by atoms with Gasteiger partial charge in [0, 0.05) is 42.6 Å². The van der Waals surface area contributed by atoms with E-state index >= 15 is 0 Å². The SMILES string of the molecule is O=C(Cc1c(Cl)cccc1Cl)NCC1(O)CCOCC1. The minimum Gasteiger partial charge on any atom is -0.388 e. The quantitative estimate of drug-likeness (QED) is 0.895. The summed E-state index contributed by atoms with van der Waals surface area (Å²) < 4.78 is 5.19. The van der Waals surface area contributed by atoms with Crippen molar-refractivity contribution in [2.24, 2.45) is 0 Å². The van der Waals surface area contributed by atoms with Gasteiger partial charge in [0.05, 0.1) is 12.0 Å². The van der Waals surface area contributed by atoms with Crippen molar-refractivity contribution in [2.75, 3.05) is 19.8 Å². The fourth-order valence-corrected chi connectivity index (χ4v) is 2.65. The van der Waals surface area contributed by atoms with E-state index in [-0.39, 0.29) is 18.9 Å². The van der Waals surface area contributed by atoms with E-state index in [1.165, 1.54) is 0 Å². The molecule has 2 rings (SSSR count). The maximum Gasteiger partial charge on any atom is 0.224 e. The first kappa shape index (κ1) is 15.6. The molecule has 6 heteroatoms. The third-order valence-electron chi connectivity index (χ3n) is 3.44. The van der Waals surface area contributed by atoms with Crippen molar-refractivity contribution in [3.05, 3.63) is 33.8 Å². The first-order valence-electron chi connectivity index (χ1n) is 6.50. The molecular weight excluding hydrogens is 301 g/mol. The van der Waals surface area contributed by atoms with Crippen molar-refractivity contribution >= 4 is 29.1 Å². The molecule has 20 heavy (non-hydrogen) atoms. The van der Waals surface area contributed by atoms with Gasteiger partial charge in [-0.15, -0.1) is 0 Å². The topological polar surface area (TPSA) is 58.6 Å². The molecule has 0 radical (unpaired) electrons. The second kappa shape index (κ2) is 6.76. The van der Waals surface area contributed by atoms with Gasteiger partial charge in [-0.05, 0) is 17.7 Å². The fraction of sp³-hybridized carbons (Fsp3) is 0.500. The van der Waals surface area contributed by atoms with Crippen molar-refractivity contribution in [3.63, 3.8) is 0 Å². The predicted molar refractivity (Wildman–Crippen MR) is 78.2 cm³/mol. The molecule has 1 aromatic carbocycles. The Labute approximate surface area is 128 Å². The molecule has 2 N–H and O–H groups in total. The van der Waals surface area contributed by atoms with E-state index in [0.29, 0.717) is 41.7 Å². The molecule has 1 aliphatic rings. The van der Waals surface area contributed by atoms with Crippen molar-refractivity contribution in [1.29, 1.82) is 0 Å². The highest BCUT2D eigenvalue weighted by Gasteiger charge is 2.30. The monoisotopic (exact) mass is 317 g/mol. The Balaban J connectivity index is 1.89. The maximum atomic E-state index is 11.9. The molecule has 4 nitrogen and oxygen atoms in total. The summed E-state index contributed by atoms with van der Waals surface area (Å²) in [5.74, 6) is -0.208. The van der Waals surface area contributed by atoms with Crippen LogP contribution in [-0.2, 0) is 16.0 Å². The number of aliphatic hydroxyl groups is 1. The van der Waals surface area contributed by atoms with Crippen LogP contribution in [0.15, 0.2) is 18.2 Å². The van der Waals surface area contributed by atoms with Crippen LogP contribution in [0.4, 0.5) is 0 Å². The molecule has 0 saturated carbocycles. The second-order valence-electron chi connectivity index (χ2n) is 4.99. The van der Waals surface area contributed by atoms with Crippen LogP contribution >= 0.6 is 23.2 Å². The molecule has 0 spiro atoms. The summed E-state index contributed by atoms with van der Waals surface area (Å²) in [5.41, 5.74) is -0.273. The number of hydrogen-bond acceptors (Lipinski definition) is 3. The van der Waals surface area contributed by atoms with Crippen LogP contribution in [0.3, 0.4) is 0 Å². The highest BCUT2D eigenvalue weighted by Crippen LogP contribution is 2.25. The number of carbonyl (C=O) groups excluding carboxylic acids is 1. The lowest BCUT2D eigenvalue weighted by Gasteiger charge is -2.32. The second-order valence-corrected chi connectivity index (χ2v) is 5.80. The summed E-state index contributed by atoms with van der Waals surface area (Å²) in [7, 11) is 0. The Bertz CT molecular complexity index is 467. The zero-order valence-corrected chi connectivity index (χ0v) is 12.5. The molecule has 110 valence electrons. The lowest BCUT2D eigenvalue weighted by atomic mass is 9.94. The van der Waals surface area contributed by atoms with E-state index in [1.807, 2.05) is 0 Å². The Kier molecular flexibility index (Phi) is 5.27. The van der Waals surface area contributed by atoms with Gasteiger partial charge < -0.3 is 15.2 Å². The minimum atomic E-state index is -0.877. The zero-order chi connectivity index (χ0) is 14.6. The van der Waals surface area contributed by atoms with Crippen LogP contribution in [-0.4, -0.2) is 36.4 Å². The third kappa shape index (κ3) is 4.09. The third-order valence-corrected chi connectivity index (χ3v) is 4.15. The van der Waals surface area contributed by atoms with E-state index in [0.717, 1.165) is 0 Å². The largest absolute Gasteiger partial charge is 0.388 e. The molecule has 0 atom stereocenters. The average Bonchev–Trinajstić information content (AvgIpc) is 2.42. The molecule has 0 bridgehead atoms. The Morgan fingerprint density at radius 1 is 1.30 bits per heavy atom. The van der Waals surface area contributed by atoms with Crippen LogP contribution in [0.1, 0.15) is 18.4 Å². The van der Waals surface area contributed by atoms with Crippen molar-refractivity contribution in [2.45, 2.75) is 24.9 Å². The molecule has 1 amide bonds. The predicted octanol–water partition coefficient (Wildman–Crippen LogP) is 2.19. The molecule has 0 aromatic heterocycles. The molecule has 1 aromatic rings. The number of rotatable bonds is 4. The van der Waals surface area contributed by atoms with Gasteiger partial charge in [0.1, 0.15) is 0 Å². The Morgan fingerprint density at radius 3 is 2.50 bits per heavy atom. The normalized spacial score (nSPS) is 17.8. The number of nitrogens with one attached hydrogen (secondary N) is 1. The van der Waals surface area contributed by atoms with E-state index < -0.39 is 5.60 Å². The molecule has 1 aliphatic heterocycles. The van der Waals surface area contributed by atoms with Gasteiger partial charge in [0.15, 0.2) is 0 Å². The minimum absolute atomic E-state index is 0.102. The van der Waals surface area contributed by atoms with E-state index in [2.05, 4.69) is 5.32 Å². The van der Waals surface area contributed by atoms with E-state index in [4.69, 9.17) is 27.9 Å². The van der Waals surface area contributed by atoms with Gasteiger partial charge in [-0.3, -0.25) is 4.79 Å². The number of ether oxygens (including phenoxy) is 1. The highest BCUT2D eigenvalue weighted by molar-refractivity contribution is 6.36. The summed E-state index contributed by atoms with van der Waals surface area (Å²) in [6.45, 7) is 1.25. The van der Waals surface area contributed by atoms with Gasteiger partial charge in [0.2, 0.25) is 5.91 Å². The lowest BCUT2D eigenvalue weighted by Crippen LogP contribution is -2.47. The average molecular weight is 318 g/mol. The van der Waals surface area contributed by atoms with Crippen molar-refractivity contribution < 1.29 is 14.6 Å². The number of hydrogen-bond donors (Lipinski definition) is 2. The molecule has 0 aliphatic carbocycles. The van der Waals surface area contributed by atoms with Gasteiger partial charge in [-0.25, -0.2) is 0 Å². The van der Waals surface area contributed by atoms with Gasteiger partial charge in [-0.2, -0.15) is 0 Å². The van der Waals surface area contributed by atoms with E-state index in [1.54, 1.807) is 18.2 Å². The standard InChI is InChI=1S/C14H17Cl2NO3/c15-11-2-1-3-12(16)10(11)8-13(18)17-9-14(19)4-6-20-7-5-14/h1-3,19H,4-9H2,(H,17,18).